The summed E-state index contributed by atoms with van der Waals surface area (Å²) >= 11 is 0. The number of hydrogen-bond donors (Lipinski definition) is 1. The van der Waals surface area contributed by atoms with Crippen LogP contribution in [0.15, 0.2) is 48.7 Å². The molecule has 1 saturated heterocycles. The van der Waals surface area contributed by atoms with Gasteiger partial charge in [-0.2, -0.15) is 0 Å². The number of carbonyl (C=O) groups is 2. The molecule has 2 atom stereocenters. The second kappa shape index (κ2) is 7.56. The first-order valence-corrected chi connectivity index (χ1v) is 8.65. The smallest absolute Gasteiger partial charge is 0.308 e. The average molecular weight is 354 g/mol. The van der Waals surface area contributed by atoms with Crippen LogP contribution in [0.5, 0.6) is 5.88 Å². The Balaban J connectivity index is 1.77. The van der Waals surface area contributed by atoms with E-state index in [9.17, 15) is 14.7 Å². The molecule has 26 heavy (non-hydrogen) atoms. The van der Waals surface area contributed by atoms with Crippen molar-refractivity contribution in [2.75, 3.05) is 13.1 Å². The first kappa shape index (κ1) is 17.9. The number of ether oxygens (including phenoxy) is 1. The molecule has 1 aliphatic rings. The van der Waals surface area contributed by atoms with Gasteiger partial charge in [-0.25, -0.2) is 4.98 Å². The lowest BCUT2D eigenvalue weighted by Crippen LogP contribution is -2.30. The van der Waals surface area contributed by atoms with E-state index in [0.29, 0.717) is 18.0 Å². The molecule has 0 spiro atoms. The van der Waals surface area contributed by atoms with E-state index >= 15 is 0 Å². The number of carboxylic acids is 1. The summed E-state index contributed by atoms with van der Waals surface area (Å²) in [5, 5.41) is 9.57. The third-order valence-electron chi connectivity index (χ3n) is 4.49. The summed E-state index contributed by atoms with van der Waals surface area (Å²) < 4.78 is 5.48. The molecule has 0 unspecified atom stereocenters. The van der Waals surface area contributed by atoms with Crippen LogP contribution in [-0.4, -0.2) is 46.1 Å². The van der Waals surface area contributed by atoms with E-state index in [1.165, 1.54) is 6.20 Å². The highest BCUT2D eigenvalue weighted by molar-refractivity contribution is 5.94. The van der Waals surface area contributed by atoms with Crippen LogP contribution in [0.25, 0.3) is 0 Å². The minimum atomic E-state index is -0.882. The SMILES string of the molecule is CC(C)Oc1ccc(C(=O)N2C[C@H](C(=O)O)[C@H](c3ccccc3)C2)cn1. The van der Waals surface area contributed by atoms with E-state index in [1.807, 2.05) is 44.2 Å². The zero-order valence-corrected chi connectivity index (χ0v) is 14.8. The van der Waals surface area contributed by atoms with E-state index in [4.69, 9.17) is 4.74 Å². The molecule has 1 aromatic heterocycles. The molecule has 1 N–H and O–H groups in total. The van der Waals surface area contributed by atoms with Gasteiger partial charge in [0.15, 0.2) is 0 Å². The van der Waals surface area contributed by atoms with Gasteiger partial charge < -0.3 is 14.7 Å². The molecule has 2 aromatic rings. The van der Waals surface area contributed by atoms with E-state index < -0.39 is 11.9 Å². The lowest BCUT2D eigenvalue weighted by atomic mass is 9.89. The molecule has 2 heterocycles. The van der Waals surface area contributed by atoms with Gasteiger partial charge in [0.1, 0.15) is 0 Å². The lowest BCUT2D eigenvalue weighted by Gasteiger charge is -2.17. The molecule has 3 rings (SSSR count). The Bertz CT molecular complexity index is 774. The lowest BCUT2D eigenvalue weighted by molar-refractivity contribution is -0.141. The van der Waals surface area contributed by atoms with Gasteiger partial charge in [0.05, 0.1) is 17.6 Å². The largest absolute Gasteiger partial charge is 0.481 e. The number of hydrogen-bond acceptors (Lipinski definition) is 4. The molecule has 136 valence electrons. The van der Waals surface area contributed by atoms with E-state index in [2.05, 4.69) is 4.98 Å². The molecule has 1 fully saturated rings. The maximum Gasteiger partial charge on any atom is 0.308 e. The predicted octanol–water partition coefficient (Wildman–Crippen LogP) is 2.81. The van der Waals surface area contributed by atoms with Crippen molar-refractivity contribution in [3.63, 3.8) is 0 Å². The monoisotopic (exact) mass is 354 g/mol. The highest BCUT2D eigenvalue weighted by atomic mass is 16.5. The molecule has 0 bridgehead atoms. The molecular weight excluding hydrogens is 332 g/mol. The Morgan fingerprint density at radius 2 is 1.88 bits per heavy atom. The Morgan fingerprint density at radius 1 is 1.15 bits per heavy atom. The normalized spacial score (nSPS) is 19.6. The number of likely N-dealkylation sites (tertiary alicyclic amines) is 1. The minimum absolute atomic E-state index is 0.00518. The fraction of sp³-hybridized carbons (Fsp3) is 0.350. The Hall–Kier alpha value is -2.89. The molecule has 6 heteroatoms. The average Bonchev–Trinajstić information content (AvgIpc) is 3.08. The van der Waals surface area contributed by atoms with Crippen molar-refractivity contribution in [3.8, 4) is 5.88 Å². The van der Waals surface area contributed by atoms with Crippen LogP contribution in [0.3, 0.4) is 0 Å². The minimum Gasteiger partial charge on any atom is -0.481 e. The molecule has 0 saturated carbocycles. The number of benzene rings is 1. The molecule has 0 radical (unpaired) electrons. The van der Waals surface area contributed by atoms with Gasteiger partial charge in [-0.3, -0.25) is 9.59 Å². The van der Waals surface area contributed by atoms with Crippen molar-refractivity contribution < 1.29 is 19.4 Å². The van der Waals surface area contributed by atoms with Crippen molar-refractivity contribution in [1.82, 2.24) is 9.88 Å². The van der Waals surface area contributed by atoms with Crippen LogP contribution in [0.2, 0.25) is 0 Å². The maximum atomic E-state index is 12.8. The van der Waals surface area contributed by atoms with Crippen molar-refractivity contribution in [2.45, 2.75) is 25.9 Å². The third kappa shape index (κ3) is 3.85. The van der Waals surface area contributed by atoms with Crippen LogP contribution in [-0.2, 0) is 4.79 Å². The van der Waals surface area contributed by atoms with Gasteiger partial charge in [0.25, 0.3) is 5.91 Å². The predicted molar refractivity (Wildman–Crippen MR) is 96.2 cm³/mol. The zero-order valence-electron chi connectivity index (χ0n) is 14.8. The van der Waals surface area contributed by atoms with Crippen LogP contribution >= 0.6 is 0 Å². The number of pyridine rings is 1. The molecule has 1 amide bonds. The summed E-state index contributed by atoms with van der Waals surface area (Å²) in [6.45, 7) is 4.38. The van der Waals surface area contributed by atoms with E-state index in [1.54, 1.807) is 17.0 Å². The first-order valence-electron chi connectivity index (χ1n) is 8.65. The van der Waals surface area contributed by atoms with Gasteiger partial charge in [-0.1, -0.05) is 30.3 Å². The number of rotatable bonds is 5. The van der Waals surface area contributed by atoms with Crippen LogP contribution < -0.4 is 4.74 Å². The fourth-order valence-electron chi connectivity index (χ4n) is 3.26. The van der Waals surface area contributed by atoms with Gasteiger partial charge in [0.2, 0.25) is 5.88 Å². The first-order chi connectivity index (χ1) is 12.5. The van der Waals surface area contributed by atoms with Crippen LogP contribution in [0.4, 0.5) is 0 Å². The third-order valence-corrected chi connectivity index (χ3v) is 4.49. The van der Waals surface area contributed by atoms with Crippen molar-refractivity contribution in [1.29, 1.82) is 0 Å². The van der Waals surface area contributed by atoms with Crippen molar-refractivity contribution in [2.24, 2.45) is 5.92 Å². The van der Waals surface area contributed by atoms with Gasteiger partial charge >= 0.3 is 5.97 Å². The summed E-state index contributed by atoms with van der Waals surface area (Å²) in [6, 6.07) is 12.8. The molecule has 0 aliphatic carbocycles. The van der Waals surface area contributed by atoms with Crippen molar-refractivity contribution >= 4 is 11.9 Å². The molecule has 6 nitrogen and oxygen atoms in total. The second-order valence-electron chi connectivity index (χ2n) is 6.72. The number of carbonyl (C=O) groups excluding carboxylic acids is 1. The number of amides is 1. The zero-order chi connectivity index (χ0) is 18.7. The molecular formula is C20H22N2O4. The fourth-order valence-corrected chi connectivity index (χ4v) is 3.26. The van der Waals surface area contributed by atoms with Crippen LogP contribution in [0.1, 0.15) is 35.7 Å². The standard InChI is InChI=1S/C20H22N2O4/c1-13(2)26-18-9-8-15(10-21-18)19(23)22-11-16(17(12-22)20(24)25)14-6-4-3-5-7-14/h3-10,13,16-17H,11-12H2,1-2H3,(H,24,25)/t16-,17-/m0/s1. The topological polar surface area (TPSA) is 79.7 Å². The highest BCUT2D eigenvalue weighted by Crippen LogP contribution is 2.33. The quantitative estimate of drug-likeness (QED) is 0.893. The van der Waals surface area contributed by atoms with Gasteiger partial charge in [0, 0.05) is 31.3 Å². The molecule has 1 aromatic carbocycles. The number of nitrogens with zero attached hydrogens (tertiary/aromatic N) is 2. The summed E-state index contributed by atoms with van der Waals surface area (Å²) in [5.41, 5.74) is 1.37. The number of aliphatic carboxylic acids is 1. The number of aromatic nitrogens is 1. The van der Waals surface area contributed by atoms with Crippen LogP contribution in [0, 0.1) is 5.92 Å². The summed E-state index contributed by atoms with van der Waals surface area (Å²) in [7, 11) is 0. The van der Waals surface area contributed by atoms with Gasteiger partial charge in [-0.15, -0.1) is 0 Å². The van der Waals surface area contributed by atoms with Gasteiger partial charge in [-0.05, 0) is 25.5 Å². The van der Waals surface area contributed by atoms with E-state index in [0.717, 1.165) is 5.56 Å². The summed E-state index contributed by atoms with van der Waals surface area (Å²) in [5.74, 6) is -1.46. The van der Waals surface area contributed by atoms with E-state index in [-0.39, 0.29) is 24.5 Å². The Kier molecular flexibility index (Phi) is 5.21. The second-order valence-corrected chi connectivity index (χ2v) is 6.72. The maximum absolute atomic E-state index is 12.8. The summed E-state index contributed by atoms with van der Waals surface area (Å²) in [6.07, 6.45) is 1.48. The summed E-state index contributed by atoms with van der Waals surface area (Å²) in [4.78, 5) is 30.2. The number of carboxylic acid groups (broad SMARTS) is 1. The molecule has 1 aliphatic heterocycles. The highest BCUT2D eigenvalue weighted by Gasteiger charge is 2.40. The van der Waals surface area contributed by atoms with Crippen molar-refractivity contribution in [3.05, 3.63) is 59.8 Å². The Labute approximate surface area is 152 Å². The Morgan fingerprint density at radius 3 is 2.46 bits per heavy atom.